The molecule has 1 aliphatic rings. The third-order valence-corrected chi connectivity index (χ3v) is 4.13. The van der Waals surface area contributed by atoms with Crippen LogP contribution in [0.25, 0.3) is 0 Å². The van der Waals surface area contributed by atoms with Gasteiger partial charge in [0.05, 0.1) is 12.2 Å². The summed E-state index contributed by atoms with van der Waals surface area (Å²) in [5.74, 6) is 0. The first-order chi connectivity index (χ1) is 9.13. The van der Waals surface area contributed by atoms with Gasteiger partial charge in [0.25, 0.3) is 0 Å². The number of rotatable bonds is 6. The molecule has 0 aliphatic heterocycles. The Morgan fingerprint density at radius 1 is 1.21 bits per heavy atom. The lowest BCUT2D eigenvalue weighted by Gasteiger charge is -2.35. The molecule has 19 heavy (non-hydrogen) atoms. The molecule has 0 amide bonds. The fourth-order valence-electron chi connectivity index (χ4n) is 3.07. The van der Waals surface area contributed by atoms with E-state index in [0.29, 0.717) is 19.1 Å². The van der Waals surface area contributed by atoms with Gasteiger partial charge >= 0.3 is 0 Å². The van der Waals surface area contributed by atoms with E-state index in [1.54, 1.807) is 0 Å². The van der Waals surface area contributed by atoms with Crippen molar-refractivity contribution in [1.82, 2.24) is 4.90 Å². The summed E-state index contributed by atoms with van der Waals surface area (Å²) in [6, 6.07) is 10.3. The third kappa shape index (κ3) is 3.78. The molecule has 3 heteroatoms. The Labute approximate surface area is 115 Å². The molecular formula is C16H25NO2. The van der Waals surface area contributed by atoms with Crippen LogP contribution in [0.5, 0.6) is 0 Å². The first-order valence-corrected chi connectivity index (χ1v) is 7.26. The van der Waals surface area contributed by atoms with Gasteiger partial charge < -0.3 is 10.2 Å². The van der Waals surface area contributed by atoms with E-state index in [-0.39, 0.29) is 6.61 Å². The topological polar surface area (TPSA) is 43.7 Å². The minimum atomic E-state index is -0.862. The predicted molar refractivity (Wildman–Crippen MR) is 76.9 cm³/mol. The Bertz CT molecular complexity index is 372. The quantitative estimate of drug-likeness (QED) is 0.826. The maximum Gasteiger partial charge on any atom is 0.0994 e. The standard InChI is InChI=1S/C16H25NO2/c1-16(19,14-7-3-2-4-8-14)13-17(11-12-18)15-9-5-6-10-15/h2-4,7-8,15,18-19H,5-6,9-13H2,1H3. The van der Waals surface area contributed by atoms with Gasteiger partial charge in [-0.15, -0.1) is 0 Å². The molecule has 1 unspecified atom stereocenters. The molecule has 106 valence electrons. The van der Waals surface area contributed by atoms with Crippen molar-refractivity contribution in [2.24, 2.45) is 0 Å². The maximum absolute atomic E-state index is 10.7. The van der Waals surface area contributed by atoms with Crippen molar-refractivity contribution in [2.45, 2.75) is 44.2 Å². The molecule has 3 nitrogen and oxygen atoms in total. The lowest BCUT2D eigenvalue weighted by molar-refractivity contribution is -0.00241. The second-order valence-electron chi connectivity index (χ2n) is 5.77. The maximum atomic E-state index is 10.7. The number of nitrogens with zero attached hydrogens (tertiary/aromatic N) is 1. The van der Waals surface area contributed by atoms with Crippen LogP contribution in [0.3, 0.4) is 0 Å². The molecule has 0 bridgehead atoms. The van der Waals surface area contributed by atoms with Gasteiger partial charge in [0.2, 0.25) is 0 Å². The SMILES string of the molecule is CC(O)(CN(CCO)C1CCCC1)c1ccccc1. The molecule has 0 saturated heterocycles. The van der Waals surface area contributed by atoms with Gasteiger partial charge in [0.1, 0.15) is 0 Å². The van der Waals surface area contributed by atoms with E-state index in [1.165, 1.54) is 25.7 Å². The summed E-state index contributed by atoms with van der Waals surface area (Å²) in [5.41, 5.74) is 0.0786. The van der Waals surface area contributed by atoms with Crippen molar-refractivity contribution in [3.8, 4) is 0 Å². The predicted octanol–water partition coefficient (Wildman–Crippen LogP) is 2.13. The lowest BCUT2D eigenvalue weighted by atomic mass is 9.94. The monoisotopic (exact) mass is 263 g/mol. The molecule has 1 atom stereocenters. The molecule has 1 aromatic carbocycles. The van der Waals surface area contributed by atoms with Gasteiger partial charge in [-0.05, 0) is 25.3 Å². The molecule has 1 fully saturated rings. The molecule has 0 radical (unpaired) electrons. The van der Waals surface area contributed by atoms with Crippen LogP contribution in [0.4, 0.5) is 0 Å². The number of hydrogen-bond donors (Lipinski definition) is 2. The van der Waals surface area contributed by atoms with Gasteiger partial charge in [-0.25, -0.2) is 0 Å². The van der Waals surface area contributed by atoms with E-state index in [0.717, 1.165) is 5.56 Å². The molecule has 0 heterocycles. The fourth-order valence-corrected chi connectivity index (χ4v) is 3.07. The molecule has 2 N–H and O–H groups in total. The van der Waals surface area contributed by atoms with Crippen LogP contribution < -0.4 is 0 Å². The van der Waals surface area contributed by atoms with Crippen LogP contribution >= 0.6 is 0 Å². The average Bonchev–Trinajstić information content (AvgIpc) is 2.93. The Kier molecular flexibility index (Phi) is 4.97. The second-order valence-corrected chi connectivity index (χ2v) is 5.77. The van der Waals surface area contributed by atoms with Crippen molar-refractivity contribution < 1.29 is 10.2 Å². The van der Waals surface area contributed by atoms with Crippen LogP contribution in [0, 0.1) is 0 Å². The minimum Gasteiger partial charge on any atom is -0.395 e. The van der Waals surface area contributed by atoms with Gasteiger partial charge in [-0.1, -0.05) is 43.2 Å². The normalized spacial score (nSPS) is 19.8. The highest BCUT2D eigenvalue weighted by atomic mass is 16.3. The number of benzene rings is 1. The summed E-state index contributed by atoms with van der Waals surface area (Å²) >= 11 is 0. The van der Waals surface area contributed by atoms with Gasteiger partial charge in [-0.3, -0.25) is 4.90 Å². The molecule has 0 aromatic heterocycles. The van der Waals surface area contributed by atoms with Crippen LogP contribution in [0.1, 0.15) is 38.2 Å². The average molecular weight is 263 g/mol. The first kappa shape index (κ1) is 14.5. The van der Waals surface area contributed by atoms with E-state index in [4.69, 9.17) is 0 Å². The highest BCUT2D eigenvalue weighted by Gasteiger charge is 2.30. The summed E-state index contributed by atoms with van der Waals surface area (Å²) in [7, 11) is 0. The third-order valence-electron chi connectivity index (χ3n) is 4.13. The molecular weight excluding hydrogens is 238 g/mol. The largest absolute Gasteiger partial charge is 0.395 e. The van der Waals surface area contributed by atoms with Gasteiger partial charge in [-0.2, -0.15) is 0 Å². The number of aliphatic hydroxyl groups is 2. The van der Waals surface area contributed by atoms with Crippen LogP contribution in [-0.4, -0.2) is 40.9 Å². The van der Waals surface area contributed by atoms with Crippen molar-refractivity contribution in [1.29, 1.82) is 0 Å². The highest BCUT2D eigenvalue weighted by molar-refractivity contribution is 5.21. The Balaban J connectivity index is 2.06. The van der Waals surface area contributed by atoms with Gasteiger partial charge in [0.15, 0.2) is 0 Å². The Morgan fingerprint density at radius 3 is 2.42 bits per heavy atom. The second kappa shape index (κ2) is 6.51. The van der Waals surface area contributed by atoms with E-state index in [9.17, 15) is 10.2 Å². The minimum absolute atomic E-state index is 0.154. The van der Waals surface area contributed by atoms with Crippen LogP contribution in [-0.2, 0) is 5.60 Å². The zero-order valence-corrected chi connectivity index (χ0v) is 11.8. The van der Waals surface area contributed by atoms with E-state index in [2.05, 4.69) is 4.90 Å². The molecule has 2 rings (SSSR count). The van der Waals surface area contributed by atoms with Crippen LogP contribution in [0.2, 0.25) is 0 Å². The van der Waals surface area contributed by atoms with E-state index < -0.39 is 5.60 Å². The van der Waals surface area contributed by atoms with Crippen molar-refractivity contribution in [2.75, 3.05) is 19.7 Å². The highest BCUT2D eigenvalue weighted by Crippen LogP contribution is 2.28. The fraction of sp³-hybridized carbons (Fsp3) is 0.625. The van der Waals surface area contributed by atoms with Crippen molar-refractivity contribution >= 4 is 0 Å². The van der Waals surface area contributed by atoms with E-state index >= 15 is 0 Å². The Hall–Kier alpha value is -0.900. The number of aliphatic hydroxyl groups excluding tert-OH is 1. The molecule has 1 aromatic rings. The molecule has 1 saturated carbocycles. The zero-order valence-electron chi connectivity index (χ0n) is 11.8. The smallest absolute Gasteiger partial charge is 0.0994 e. The molecule has 1 aliphatic carbocycles. The summed E-state index contributed by atoms with van der Waals surface area (Å²) in [6.07, 6.45) is 4.90. The molecule has 0 spiro atoms. The number of hydrogen-bond acceptors (Lipinski definition) is 3. The lowest BCUT2D eigenvalue weighted by Crippen LogP contribution is -2.44. The van der Waals surface area contributed by atoms with Gasteiger partial charge in [0, 0.05) is 19.1 Å². The summed E-state index contributed by atoms with van der Waals surface area (Å²) in [6.45, 7) is 3.25. The van der Waals surface area contributed by atoms with Crippen LogP contribution in [0.15, 0.2) is 30.3 Å². The zero-order chi connectivity index (χ0) is 13.7. The summed E-state index contributed by atoms with van der Waals surface area (Å²) in [5, 5.41) is 20.0. The van der Waals surface area contributed by atoms with E-state index in [1.807, 2.05) is 37.3 Å². The summed E-state index contributed by atoms with van der Waals surface area (Å²) < 4.78 is 0. The first-order valence-electron chi connectivity index (χ1n) is 7.26. The van der Waals surface area contributed by atoms with Crippen molar-refractivity contribution in [3.05, 3.63) is 35.9 Å². The van der Waals surface area contributed by atoms with Crippen molar-refractivity contribution in [3.63, 3.8) is 0 Å². The summed E-state index contributed by atoms with van der Waals surface area (Å²) in [4.78, 5) is 2.25. The Morgan fingerprint density at radius 2 is 1.84 bits per heavy atom.